The third-order valence-corrected chi connectivity index (χ3v) is 5.64. The summed E-state index contributed by atoms with van der Waals surface area (Å²) in [5.74, 6) is 0.228. The molecule has 2 aromatic rings. The van der Waals surface area contributed by atoms with Crippen LogP contribution >= 0.6 is 12.4 Å². The molecule has 1 aliphatic heterocycles. The number of hydrogen-bond donors (Lipinski definition) is 3. The van der Waals surface area contributed by atoms with E-state index < -0.39 is 10.0 Å². The highest BCUT2D eigenvalue weighted by Gasteiger charge is 2.29. The van der Waals surface area contributed by atoms with Gasteiger partial charge in [0.25, 0.3) is 10.0 Å². The van der Waals surface area contributed by atoms with Gasteiger partial charge >= 0.3 is 0 Å². The molecule has 9 heteroatoms. The van der Waals surface area contributed by atoms with Crippen molar-refractivity contribution in [2.24, 2.45) is 10.7 Å². The van der Waals surface area contributed by atoms with Crippen LogP contribution < -0.4 is 15.8 Å². The molecule has 150 valence electrons. The van der Waals surface area contributed by atoms with E-state index >= 15 is 0 Å². The minimum Gasteiger partial charge on any atom is -0.354 e. The molecule has 0 fully saturated rings. The Morgan fingerprint density at radius 1 is 1.11 bits per heavy atom. The SMILES string of the molecule is Cl.NC(CNC(=O)CCCN=C1NS(=O)(=O)c2ccccc21)c1ccccc1. The molecule has 0 bridgehead atoms. The Balaban J connectivity index is 0.00000280. The number of sulfonamides is 1. The van der Waals surface area contributed by atoms with Gasteiger partial charge in [0.05, 0.1) is 4.90 Å². The molecule has 1 aliphatic rings. The van der Waals surface area contributed by atoms with E-state index in [0.717, 1.165) is 5.56 Å². The highest BCUT2D eigenvalue weighted by Crippen LogP contribution is 2.22. The maximum atomic E-state index is 12.0. The summed E-state index contributed by atoms with van der Waals surface area (Å²) >= 11 is 0. The van der Waals surface area contributed by atoms with Crippen molar-refractivity contribution in [2.45, 2.75) is 23.8 Å². The summed E-state index contributed by atoms with van der Waals surface area (Å²) in [5, 5.41) is 2.81. The number of halogens is 1. The van der Waals surface area contributed by atoms with Gasteiger partial charge in [-0.05, 0) is 24.1 Å². The molecule has 0 aliphatic carbocycles. The number of hydrogen-bond acceptors (Lipinski definition) is 5. The predicted octanol–water partition coefficient (Wildman–Crippen LogP) is 1.74. The summed E-state index contributed by atoms with van der Waals surface area (Å²) in [6.07, 6.45) is 0.812. The Morgan fingerprint density at radius 3 is 2.54 bits per heavy atom. The lowest BCUT2D eigenvalue weighted by Crippen LogP contribution is -2.31. The number of fused-ring (bicyclic) bond motifs is 1. The van der Waals surface area contributed by atoms with Gasteiger partial charge in [-0.25, -0.2) is 8.42 Å². The number of rotatable bonds is 7. The molecule has 0 saturated carbocycles. The van der Waals surface area contributed by atoms with Crippen LogP contribution in [0.3, 0.4) is 0 Å². The fourth-order valence-corrected chi connectivity index (χ4v) is 4.06. The average molecular weight is 423 g/mol. The quantitative estimate of drug-likeness (QED) is 0.589. The summed E-state index contributed by atoms with van der Waals surface area (Å²) < 4.78 is 26.5. The third-order valence-electron chi connectivity index (χ3n) is 4.24. The second kappa shape index (κ2) is 9.68. The summed E-state index contributed by atoms with van der Waals surface area (Å²) in [6, 6.07) is 16.0. The molecule has 1 amide bonds. The van der Waals surface area contributed by atoms with Crippen LogP contribution in [0.4, 0.5) is 0 Å². The van der Waals surface area contributed by atoms with Gasteiger partial charge in [0, 0.05) is 31.1 Å². The van der Waals surface area contributed by atoms with Crippen LogP contribution in [0.5, 0.6) is 0 Å². The Bertz CT molecular complexity index is 949. The monoisotopic (exact) mass is 422 g/mol. The summed E-state index contributed by atoms with van der Waals surface area (Å²) in [7, 11) is -3.53. The second-order valence-electron chi connectivity index (χ2n) is 6.26. The van der Waals surface area contributed by atoms with E-state index in [4.69, 9.17) is 5.73 Å². The first-order valence-corrected chi connectivity index (χ1v) is 10.2. The largest absolute Gasteiger partial charge is 0.354 e. The Labute approximate surface area is 170 Å². The predicted molar refractivity (Wildman–Crippen MR) is 111 cm³/mol. The van der Waals surface area contributed by atoms with Gasteiger partial charge in [-0.3, -0.25) is 14.5 Å². The van der Waals surface area contributed by atoms with Crippen molar-refractivity contribution in [3.05, 3.63) is 65.7 Å². The number of amides is 1. The maximum absolute atomic E-state index is 12.0. The Kier molecular flexibility index (Phi) is 7.56. The van der Waals surface area contributed by atoms with Crippen LogP contribution in [0, 0.1) is 0 Å². The van der Waals surface area contributed by atoms with Gasteiger partial charge in [-0.2, -0.15) is 0 Å². The molecular weight excluding hydrogens is 400 g/mol. The van der Waals surface area contributed by atoms with E-state index in [1.807, 2.05) is 30.3 Å². The molecule has 28 heavy (non-hydrogen) atoms. The van der Waals surface area contributed by atoms with Crippen LogP contribution in [-0.2, 0) is 14.8 Å². The van der Waals surface area contributed by atoms with Gasteiger partial charge in [0.1, 0.15) is 5.84 Å². The number of nitrogens with one attached hydrogen (secondary N) is 2. The normalized spacial score (nSPS) is 16.5. The summed E-state index contributed by atoms with van der Waals surface area (Å²) in [4.78, 5) is 16.5. The van der Waals surface area contributed by atoms with Gasteiger partial charge in [-0.1, -0.05) is 42.5 Å². The van der Waals surface area contributed by atoms with Crippen LogP contribution in [0.15, 0.2) is 64.5 Å². The molecule has 0 radical (unpaired) electrons. The van der Waals surface area contributed by atoms with Crippen molar-refractivity contribution in [1.29, 1.82) is 0 Å². The number of nitrogens with zero attached hydrogens (tertiary/aromatic N) is 1. The molecule has 0 saturated heterocycles. The van der Waals surface area contributed by atoms with E-state index in [0.29, 0.717) is 37.3 Å². The molecule has 3 rings (SSSR count). The first kappa shape index (κ1) is 21.9. The highest BCUT2D eigenvalue weighted by molar-refractivity contribution is 7.90. The number of nitrogens with two attached hydrogens (primary N) is 1. The van der Waals surface area contributed by atoms with Gasteiger partial charge in [0.2, 0.25) is 5.91 Å². The summed E-state index contributed by atoms with van der Waals surface area (Å²) in [6.45, 7) is 0.717. The minimum absolute atomic E-state index is 0. The van der Waals surface area contributed by atoms with Crippen LogP contribution in [0.2, 0.25) is 0 Å². The number of amidine groups is 1. The van der Waals surface area contributed by atoms with Crippen molar-refractivity contribution in [1.82, 2.24) is 10.0 Å². The fourth-order valence-electron chi connectivity index (χ4n) is 2.81. The number of carbonyl (C=O) groups excluding carboxylic acids is 1. The number of benzene rings is 2. The summed E-state index contributed by atoms with van der Waals surface area (Å²) in [5.41, 5.74) is 7.58. The minimum atomic E-state index is -3.53. The average Bonchev–Trinajstić information content (AvgIpc) is 2.95. The maximum Gasteiger partial charge on any atom is 0.263 e. The molecule has 1 unspecified atom stereocenters. The number of aliphatic imine (C=N–C) groups is 1. The van der Waals surface area contributed by atoms with E-state index in [1.165, 1.54) is 0 Å². The molecule has 1 heterocycles. The molecule has 4 N–H and O–H groups in total. The van der Waals surface area contributed by atoms with Crippen molar-refractivity contribution in [3.63, 3.8) is 0 Å². The zero-order valence-corrected chi connectivity index (χ0v) is 16.8. The topological polar surface area (TPSA) is 114 Å². The van der Waals surface area contributed by atoms with Gasteiger partial charge in [0.15, 0.2) is 0 Å². The zero-order chi connectivity index (χ0) is 19.3. The van der Waals surface area contributed by atoms with E-state index in [9.17, 15) is 13.2 Å². The molecule has 0 spiro atoms. The Morgan fingerprint density at radius 2 is 1.79 bits per heavy atom. The van der Waals surface area contributed by atoms with Crippen LogP contribution in [-0.4, -0.2) is 33.3 Å². The standard InChI is InChI=1S/C19H22N4O3S.ClH/c20-16(14-7-2-1-3-8-14)13-22-18(24)11-6-12-21-19-15-9-4-5-10-17(15)27(25,26)23-19;/h1-5,7-10,16H,6,11-13,20H2,(H,21,23)(H,22,24);1H. The first-order chi connectivity index (χ1) is 13.0. The third kappa shape index (κ3) is 5.31. The lowest BCUT2D eigenvalue weighted by Gasteiger charge is -2.13. The molecule has 7 nitrogen and oxygen atoms in total. The van der Waals surface area contributed by atoms with Crippen LogP contribution in [0.25, 0.3) is 0 Å². The molecule has 2 aromatic carbocycles. The lowest BCUT2D eigenvalue weighted by molar-refractivity contribution is -0.121. The highest BCUT2D eigenvalue weighted by atomic mass is 35.5. The van der Waals surface area contributed by atoms with E-state index in [2.05, 4.69) is 15.0 Å². The first-order valence-electron chi connectivity index (χ1n) is 8.71. The zero-order valence-electron chi connectivity index (χ0n) is 15.2. The van der Waals surface area contributed by atoms with Crippen molar-refractivity contribution >= 4 is 34.2 Å². The molecule has 1 atom stereocenters. The van der Waals surface area contributed by atoms with Crippen molar-refractivity contribution in [2.75, 3.05) is 13.1 Å². The van der Waals surface area contributed by atoms with Gasteiger partial charge < -0.3 is 11.1 Å². The fraction of sp³-hybridized carbons (Fsp3) is 0.263. The molecular formula is C19H23ClN4O3S. The van der Waals surface area contributed by atoms with Gasteiger partial charge in [-0.15, -0.1) is 12.4 Å². The van der Waals surface area contributed by atoms with Crippen molar-refractivity contribution < 1.29 is 13.2 Å². The van der Waals surface area contributed by atoms with E-state index in [1.54, 1.807) is 24.3 Å². The Hall–Kier alpha value is -2.42. The van der Waals surface area contributed by atoms with Crippen molar-refractivity contribution in [3.8, 4) is 0 Å². The smallest absolute Gasteiger partial charge is 0.263 e. The molecule has 0 aromatic heterocycles. The van der Waals surface area contributed by atoms with Crippen LogP contribution in [0.1, 0.15) is 30.0 Å². The second-order valence-corrected chi connectivity index (χ2v) is 7.91. The van der Waals surface area contributed by atoms with E-state index in [-0.39, 0.29) is 29.3 Å². The number of carbonyl (C=O) groups is 1. The lowest BCUT2D eigenvalue weighted by atomic mass is 10.1.